The van der Waals surface area contributed by atoms with Gasteiger partial charge in [-0.2, -0.15) is 0 Å². The Morgan fingerprint density at radius 3 is 1.45 bits per heavy atom. The fraction of sp³-hybridized carbons (Fsp3) is 0.500. The van der Waals surface area contributed by atoms with Gasteiger partial charge in [0.2, 0.25) is 0 Å². The van der Waals surface area contributed by atoms with Crippen LogP contribution in [-0.2, 0) is 0 Å². The van der Waals surface area contributed by atoms with Crippen LogP contribution in [0.5, 0.6) is 0 Å². The summed E-state index contributed by atoms with van der Waals surface area (Å²) in [5, 5.41) is 2.87. The van der Waals surface area contributed by atoms with Crippen molar-refractivity contribution in [2.75, 3.05) is 0 Å². The molecular weight excluding hydrogens is 481 g/mol. The van der Waals surface area contributed by atoms with Crippen LogP contribution in [-0.4, -0.2) is 29.4 Å². The van der Waals surface area contributed by atoms with Crippen LogP contribution in [0.4, 0.5) is 0 Å². The zero-order valence-corrected chi connectivity index (χ0v) is 25.0. The zero-order valence-electron chi connectivity index (χ0n) is 19.3. The van der Waals surface area contributed by atoms with Gasteiger partial charge in [-0.3, -0.25) is 0 Å². The van der Waals surface area contributed by atoms with Gasteiger partial charge in [-0.05, 0) is 0 Å². The van der Waals surface area contributed by atoms with Gasteiger partial charge in [-0.25, -0.2) is 0 Å². The van der Waals surface area contributed by atoms with E-state index in [0.717, 1.165) is 12.8 Å². The summed E-state index contributed by atoms with van der Waals surface area (Å²) < 4.78 is 7.14. The molecule has 0 aromatic carbocycles. The van der Waals surface area contributed by atoms with Crippen LogP contribution in [0.15, 0.2) is 37.4 Å². The minimum absolute atomic E-state index is 1.16. The molecule has 0 unspecified atom stereocenters. The van der Waals surface area contributed by atoms with Crippen molar-refractivity contribution in [2.24, 2.45) is 0 Å². The van der Waals surface area contributed by atoms with E-state index >= 15 is 0 Å². The molecule has 0 saturated carbocycles. The molecule has 0 bridgehead atoms. The summed E-state index contributed by atoms with van der Waals surface area (Å²) in [5.41, 5.74) is 0. The molecule has 0 atom stereocenters. The number of thiophene rings is 2. The summed E-state index contributed by atoms with van der Waals surface area (Å²) in [6.45, 7) is 23.1. The van der Waals surface area contributed by atoms with E-state index < -0.39 is 29.4 Å². The van der Waals surface area contributed by atoms with E-state index in [2.05, 4.69) is 99.4 Å². The monoisotopic (exact) mass is 520 g/mol. The van der Waals surface area contributed by atoms with Gasteiger partial charge >= 0.3 is 193 Å². The molecule has 0 saturated heterocycles. The van der Waals surface area contributed by atoms with E-state index in [1.165, 1.54) is 23.3 Å². The Labute approximate surface area is 191 Å². The maximum atomic E-state index is 4.01. The Bertz CT molecular complexity index is 819. The standard InChI is InChI=1S/C24H38GeS2Si2/c1-9-11-13-15-25(16-14-12-10-2)19-17-21(28(3,4)5)26-23(19)24-20(25)18-22(27-24)29(6,7)8/h9-10,17-18H,1-2,11-16H2,3-8H3. The fourth-order valence-corrected chi connectivity index (χ4v) is 25.5. The van der Waals surface area contributed by atoms with Crippen molar-refractivity contribution >= 4 is 69.9 Å². The molecular formula is C24H38GeS2Si2. The van der Waals surface area contributed by atoms with Gasteiger partial charge in [0.15, 0.2) is 0 Å². The maximum absolute atomic E-state index is 4.01. The van der Waals surface area contributed by atoms with Gasteiger partial charge in [-0.1, -0.05) is 0 Å². The average molecular weight is 519 g/mol. The Morgan fingerprint density at radius 1 is 0.759 bits per heavy atom. The molecule has 3 rings (SSSR count). The molecule has 1 aliphatic heterocycles. The van der Waals surface area contributed by atoms with Crippen LogP contribution in [0, 0.1) is 0 Å². The van der Waals surface area contributed by atoms with Crippen molar-refractivity contribution in [1.82, 2.24) is 0 Å². The number of hydrogen-bond donors (Lipinski definition) is 0. The molecule has 3 heterocycles. The van der Waals surface area contributed by atoms with E-state index in [1.54, 1.807) is 18.8 Å². The van der Waals surface area contributed by atoms with Crippen molar-refractivity contribution in [3.05, 3.63) is 37.4 Å². The van der Waals surface area contributed by atoms with Crippen LogP contribution >= 0.6 is 22.7 Å². The summed E-state index contributed by atoms with van der Waals surface area (Å²) in [6.07, 6.45) is 9.20. The van der Waals surface area contributed by atoms with E-state index in [0.29, 0.717) is 0 Å². The predicted molar refractivity (Wildman–Crippen MR) is 147 cm³/mol. The van der Waals surface area contributed by atoms with Crippen molar-refractivity contribution in [1.29, 1.82) is 0 Å². The van der Waals surface area contributed by atoms with E-state index in [4.69, 9.17) is 0 Å². The topological polar surface area (TPSA) is 0 Å². The van der Waals surface area contributed by atoms with Crippen LogP contribution in [0.25, 0.3) is 9.75 Å². The number of hydrogen-bond acceptors (Lipinski definition) is 2. The molecule has 29 heavy (non-hydrogen) atoms. The average Bonchev–Trinajstić information content (AvgIpc) is 3.28. The van der Waals surface area contributed by atoms with Crippen LogP contribution in [0.3, 0.4) is 0 Å². The quantitative estimate of drug-likeness (QED) is 0.194. The predicted octanol–water partition coefficient (Wildman–Crippen LogP) is 6.38. The molecule has 0 radical (unpaired) electrons. The summed E-state index contributed by atoms with van der Waals surface area (Å²) in [4.78, 5) is 3.40. The first-order valence-electron chi connectivity index (χ1n) is 11.1. The van der Waals surface area contributed by atoms with Gasteiger partial charge in [0.25, 0.3) is 0 Å². The second-order valence-corrected chi connectivity index (χ2v) is 32.5. The Kier molecular flexibility index (Phi) is 7.11. The third-order valence-corrected chi connectivity index (χ3v) is 27.6. The van der Waals surface area contributed by atoms with Gasteiger partial charge in [-0.15, -0.1) is 0 Å². The van der Waals surface area contributed by atoms with Gasteiger partial charge in [0.05, 0.1) is 0 Å². The third kappa shape index (κ3) is 4.57. The van der Waals surface area contributed by atoms with Crippen molar-refractivity contribution in [3.63, 3.8) is 0 Å². The second kappa shape index (κ2) is 8.77. The number of fused-ring (bicyclic) bond motifs is 3. The zero-order chi connectivity index (χ0) is 21.4. The Balaban J connectivity index is 2.19. The van der Waals surface area contributed by atoms with Crippen molar-refractivity contribution < 1.29 is 0 Å². The SMILES string of the molecule is C=CCC[CH2][Ge]1([CH2]CCC=C)[c]2cc([Si](C)(C)C)sc2-c2sc([Si](C)(C)C)c[c]21. The number of allylic oxidation sites excluding steroid dienone is 2. The van der Waals surface area contributed by atoms with Crippen molar-refractivity contribution in [3.8, 4) is 9.75 Å². The van der Waals surface area contributed by atoms with Crippen LogP contribution in [0.2, 0.25) is 49.8 Å². The molecule has 2 aromatic heterocycles. The summed E-state index contributed by atoms with van der Waals surface area (Å²) >= 11 is 1.98. The van der Waals surface area contributed by atoms with Crippen molar-refractivity contribution in [2.45, 2.75) is 75.5 Å². The van der Waals surface area contributed by atoms with Gasteiger partial charge in [0.1, 0.15) is 0 Å². The molecule has 5 heteroatoms. The summed E-state index contributed by atoms with van der Waals surface area (Å²) in [6, 6.07) is 5.43. The van der Waals surface area contributed by atoms with Crippen LogP contribution in [0.1, 0.15) is 25.7 Å². The molecule has 0 nitrogen and oxygen atoms in total. The molecule has 0 amide bonds. The molecule has 0 fully saturated rings. The summed E-state index contributed by atoms with van der Waals surface area (Å²) in [7, 11) is -2.57. The van der Waals surface area contributed by atoms with Gasteiger partial charge < -0.3 is 0 Å². The third-order valence-electron chi connectivity index (χ3n) is 6.20. The van der Waals surface area contributed by atoms with Crippen LogP contribution < -0.4 is 17.8 Å². The molecule has 2 aromatic rings. The number of rotatable bonds is 10. The van der Waals surface area contributed by atoms with E-state index in [9.17, 15) is 0 Å². The second-order valence-electron chi connectivity index (χ2n) is 10.7. The van der Waals surface area contributed by atoms with E-state index in [1.807, 2.05) is 8.79 Å². The number of unbranched alkanes of at least 4 members (excludes halogenated alkanes) is 2. The molecule has 158 valence electrons. The normalized spacial score (nSPS) is 15.2. The summed E-state index contributed by atoms with van der Waals surface area (Å²) in [5.74, 6) is 0. The minimum atomic E-state index is -2.36. The van der Waals surface area contributed by atoms with E-state index in [-0.39, 0.29) is 0 Å². The molecule has 0 aliphatic carbocycles. The van der Waals surface area contributed by atoms with Gasteiger partial charge in [0, 0.05) is 0 Å². The molecule has 1 aliphatic rings. The molecule has 0 spiro atoms. The Morgan fingerprint density at radius 2 is 1.14 bits per heavy atom. The first-order chi connectivity index (χ1) is 13.5. The first-order valence-corrected chi connectivity index (χ1v) is 24.8. The molecule has 0 N–H and O–H groups in total. The first kappa shape index (κ1) is 23.5. The fourth-order valence-electron chi connectivity index (χ4n) is 4.47. The Hall–Kier alpha value is -0.143.